The normalized spacial score (nSPS) is 14.1. The molecule has 0 heterocycles. The van der Waals surface area contributed by atoms with Crippen LogP contribution in [0.25, 0.3) is 0 Å². The van der Waals surface area contributed by atoms with E-state index >= 15 is 0 Å². The van der Waals surface area contributed by atoms with Crippen molar-refractivity contribution in [3.8, 4) is 0 Å². The minimum Gasteiger partial charge on any atom is -0.392 e. The van der Waals surface area contributed by atoms with Gasteiger partial charge in [-0.1, -0.05) is 12.2 Å². The predicted octanol–water partition coefficient (Wildman–Crippen LogP) is 0.221. The zero-order valence-electron chi connectivity index (χ0n) is 7.69. The van der Waals surface area contributed by atoms with Crippen LogP contribution in [0.4, 0.5) is 0 Å². The predicted molar refractivity (Wildman–Crippen MR) is 47.3 cm³/mol. The van der Waals surface area contributed by atoms with Crippen molar-refractivity contribution < 1.29 is 22.7 Å². The molecule has 0 aliphatic rings. The summed E-state index contributed by atoms with van der Waals surface area (Å²) >= 11 is 0. The van der Waals surface area contributed by atoms with Crippen LogP contribution < -0.4 is 0 Å². The van der Waals surface area contributed by atoms with E-state index in [1.54, 1.807) is 6.92 Å². The Balaban J connectivity index is 3.84. The Kier molecular flexibility index (Phi) is 5.16. The summed E-state index contributed by atoms with van der Waals surface area (Å²) in [6.07, 6.45) is -0.974. The fourth-order valence-electron chi connectivity index (χ4n) is 0.521. The van der Waals surface area contributed by atoms with Crippen molar-refractivity contribution in [2.24, 2.45) is 0 Å². The summed E-state index contributed by atoms with van der Waals surface area (Å²) in [5, 5.41) is 8.76. The standard InChI is InChI=1S/C7H14O5S/c1-6(2)4-11-12-13(9,10)5-7(3)8/h7-8H,1,4-5H2,2-3H3. The van der Waals surface area contributed by atoms with Gasteiger partial charge in [0.2, 0.25) is 0 Å². The largest absolute Gasteiger partial charge is 0.392 e. The zero-order chi connectivity index (χ0) is 10.5. The van der Waals surface area contributed by atoms with Crippen molar-refractivity contribution in [1.82, 2.24) is 0 Å². The molecule has 0 spiro atoms. The third-order valence-electron chi connectivity index (χ3n) is 0.902. The van der Waals surface area contributed by atoms with E-state index in [4.69, 9.17) is 5.11 Å². The van der Waals surface area contributed by atoms with E-state index in [2.05, 4.69) is 15.8 Å². The molecule has 0 aliphatic carbocycles. The topological polar surface area (TPSA) is 72.8 Å². The maximum atomic E-state index is 10.9. The maximum Gasteiger partial charge on any atom is 0.296 e. The molecule has 0 bridgehead atoms. The lowest BCUT2D eigenvalue weighted by molar-refractivity contribution is -0.192. The molecule has 0 aromatic carbocycles. The second-order valence-corrected chi connectivity index (χ2v) is 4.45. The van der Waals surface area contributed by atoms with Crippen LogP contribution >= 0.6 is 0 Å². The van der Waals surface area contributed by atoms with E-state index in [-0.39, 0.29) is 6.61 Å². The van der Waals surface area contributed by atoms with Crippen LogP contribution in [0.5, 0.6) is 0 Å². The molecule has 13 heavy (non-hydrogen) atoms. The van der Waals surface area contributed by atoms with Gasteiger partial charge >= 0.3 is 0 Å². The molecule has 0 amide bonds. The SMILES string of the molecule is C=C(C)COOS(=O)(=O)CC(C)O. The second-order valence-electron chi connectivity index (χ2n) is 2.86. The number of hydrogen-bond donors (Lipinski definition) is 1. The van der Waals surface area contributed by atoms with Crippen LogP contribution in [0.15, 0.2) is 12.2 Å². The average molecular weight is 210 g/mol. The molecule has 0 rings (SSSR count). The zero-order valence-corrected chi connectivity index (χ0v) is 8.50. The molecular formula is C7H14O5S. The van der Waals surface area contributed by atoms with Crippen molar-refractivity contribution in [2.45, 2.75) is 20.0 Å². The molecule has 1 N–H and O–H groups in total. The van der Waals surface area contributed by atoms with Crippen molar-refractivity contribution >= 4 is 10.1 Å². The van der Waals surface area contributed by atoms with Crippen LogP contribution in [-0.2, 0) is 19.3 Å². The van der Waals surface area contributed by atoms with Gasteiger partial charge in [-0.3, -0.25) is 0 Å². The monoisotopic (exact) mass is 210 g/mol. The number of aliphatic hydroxyl groups excluding tert-OH is 1. The smallest absolute Gasteiger partial charge is 0.296 e. The van der Waals surface area contributed by atoms with Crippen LogP contribution in [0, 0.1) is 0 Å². The van der Waals surface area contributed by atoms with E-state index in [0.717, 1.165) is 0 Å². The molecular weight excluding hydrogens is 196 g/mol. The highest BCUT2D eigenvalue weighted by Gasteiger charge is 2.15. The van der Waals surface area contributed by atoms with Crippen molar-refractivity contribution in [2.75, 3.05) is 12.4 Å². The lowest BCUT2D eigenvalue weighted by Crippen LogP contribution is -2.20. The summed E-state index contributed by atoms with van der Waals surface area (Å²) in [6.45, 7) is 6.52. The van der Waals surface area contributed by atoms with E-state index in [9.17, 15) is 8.42 Å². The fourth-order valence-corrected chi connectivity index (χ4v) is 1.36. The van der Waals surface area contributed by atoms with E-state index < -0.39 is 22.0 Å². The van der Waals surface area contributed by atoms with Gasteiger partial charge in [-0.05, 0) is 13.8 Å². The third kappa shape index (κ3) is 7.92. The van der Waals surface area contributed by atoms with Crippen molar-refractivity contribution in [3.05, 3.63) is 12.2 Å². The molecule has 5 nitrogen and oxygen atoms in total. The Morgan fingerprint density at radius 3 is 2.54 bits per heavy atom. The first-order valence-corrected chi connectivity index (χ1v) is 5.27. The first-order valence-electron chi connectivity index (χ1n) is 3.69. The third-order valence-corrected chi connectivity index (χ3v) is 2.10. The molecule has 0 saturated heterocycles. The summed E-state index contributed by atoms with van der Waals surface area (Å²) in [5.41, 5.74) is 0.646. The molecule has 0 radical (unpaired) electrons. The lowest BCUT2D eigenvalue weighted by atomic mass is 10.4. The van der Waals surface area contributed by atoms with Gasteiger partial charge in [0.1, 0.15) is 12.4 Å². The van der Waals surface area contributed by atoms with Gasteiger partial charge in [-0.2, -0.15) is 8.42 Å². The Morgan fingerprint density at radius 2 is 2.15 bits per heavy atom. The summed E-state index contributed by atoms with van der Waals surface area (Å²) < 4.78 is 25.9. The molecule has 0 saturated carbocycles. The van der Waals surface area contributed by atoms with Gasteiger partial charge in [-0.25, -0.2) is 4.89 Å². The van der Waals surface area contributed by atoms with E-state index in [1.165, 1.54) is 6.92 Å². The first-order chi connectivity index (χ1) is 5.83. The Hall–Kier alpha value is -0.430. The quantitative estimate of drug-likeness (QED) is 0.386. The highest BCUT2D eigenvalue weighted by atomic mass is 32.2. The summed E-state index contributed by atoms with van der Waals surface area (Å²) in [4.78, 5) is 4.36. The van der Waals surface area contributed by atoms with Crippen LogP contribution in [0.2, 0.25) is 0 Å². The van der Waals surface area contributed by atoms with E-state index in [0.29, 0.717) is 5.57 Å². The molecule has 0 aromatic heterocycles. The van der Waals surface area contributed by atoms with Gasteiger partial charge in [0.05, 0.1) is 6.10 Å². The van der Waals surface area contributed by atoms with E-state index in [1.807, 2.05) is 0 Å². The molecule has 0 aromatic rings. The molecule has 6 heteroatoms. The first kappa shape index (κ1) is 12.6. The fraction of sp³-hybridized carbons (Fsp3) is 0.714. The van der Waals surface area contributed by atoms with Crippen LogP contribution in [0.1, 0.15) is 13.8 Å². The minimum absolute atomic E-state index is 0.0129. The summed E-state index contributed by atoms with van der Waals surface area (Å²) in [5.74, 6) is -0.483. The molecule has 1 atom stereocenters. The number of rotatable bonds is 6. The van der Waals surface area contributed by atoms with Gasteiger partial charge in [0.25, 0.3) is 10.1 Å². The van der Waals surface area contributed by atoms with Crippen LogP contribution in [0.3, 0.4) is 0 Å². The van der Waals surface area contributed by atoms with Gasteiger partial charge in [-0.15, -0.1) is 4.33 Å². The van der Waals surface area contributed by atoms with Crippen LogP contribution in [-0.4, -0.2) is 32.0 Å². The highest BCUT2D eigenvalue weighted by molar-refractivity contribution is 7.86. The van der Waals surface area contributed by atoms with Gasteiger partial charge < -0.3 is 5.11 Å². The average Bonchev–Trinajstić information content (AvgIpc) is 1.81. The van der Waals surface area contributed by atoms with Gasteiger partial charge in [0, 0.05) is 0 Å². The summed E-state index contributed by atoms with van der Waals surface area (Å²) in [6, 6.07) is 0. The molecule has 78 valence electrons. The lowest BCUT2D eigenvalue weighted by Gasteiger charge is -2.05. The second kappa shape index (κ2) is 5.33. The van der Waals surface area contributed by atoms with Crippen molar-refractivity contribution in [1.29, 1.82) is 0 Å². The van der Waals surface area contributed by atoms with Gasteiger partial charge in [0.15, 0.2) is 0 Å². The molecule has 0 fully saturated rings. The number of aliphatic hydroxyl groups is 1. The Bertz CT molecular complexity index is 254. The Morgan fingerprint density at radius 1 is 1.62 bits per heavy atom. The van der Waals surface area contributed by atoms with Crippen molar-refractivity contribution in [3.63, 3.8) is 0 Å². The molecule has 0 aliphatic heterocycles. The minimum atomic E-state index is -3.79. The Labute approximate surface area is 78.0 Å². The summed E-state index contributed by atoms with van der Waals surface area (Å²) in [7, 11) is -3.79. The molecule has 1 unspecified atom stereocenters. The maximum absolute atomic E-state index is 10.9. The highest BCUT2D eigenvalue weighted by Crippen LogP contribution is 1.99. The number of hydrogen-bond acceptors (Lipinski definition) is 5.